The summed E-state index contributed by atoms with van der Waals surface area (Å²) < 4.78 is 7.34. The molecule has 152 valence electrons. The summed E-state index contributed by atoms with van der Waals surface area (Å²) in [4.78, 5) is 37.7. The SMILES string of the molecule is Cc1cnc2cc(N3CCOc4cc(C(=O)N5C=CCCC5)cnc43)ccn2c1=O. The number of anilines is 2. The standard InChI is InChI=1S/C22H21N5O3/c1-15-13-23-19-12-17(5-8-27(19)21(15)28)26-9-10-30-18-11-16(14-24-20(18)26)22(29)25-6-3-2-4-7-25/h3,5-6,8,11-14H,2,4,7,9-10H2,1H3. The van der Waals surface area contributed by atoms with Gasteiger partial charge in [0, 0.05) is 48.7 Å². The third kappa shape index (κ3) is 3.10. The topological polar surface area (TPSA) is 80.0 Å². The number of aromatic nitrogens is 3. The van der Waals surface area contributed by atoms with Crippen LogP contribution < -0.4 is 15.2 Å². The molecule has 0 aromatic carbocycles. The average Bonchev–Trinajstić information content (AvgIpc) is 2.80. The molecule has 2 aliphatic heterocycles. The molecule has 0 spiro atoms. The van der Waals surface area contributed by atoms with Crippen LogP contribution in [0.15, 0.2) is 53.9 Å². The van der Waals surface area contributed by atoms with Crippen LogP contribution >= 0.6 is 0 Å². The third-order valence-electron chi connectivity index (χ3n) is 5.40. The fraction of sp³-hybridized carbons (Fsp3) is 0.273. The summed E-state index contributed by atoms with van der Waals surface area (Å²) in [7, 11) is 0. The number of hydrogen-bond acceptors (Lipinski definition) is 6. The van der Waals surface area contributed by atoms with Crippen LogP contribution in [0.1, 0.15) is 28.8 Å². The van der Waals surface area contributed by atoms with Crippen molar-refractivity contribution in [2.45, 2.75) is 19.8 Å². The van der Waals surface area contributed by atoms with Crippen molar-refractivity contribution >= 4 is 23.1 Å². The molecule has 5 heterocycles. The van der Waals surface area contributed by atoms with E-state index in [1.807, 2.05) is 29.3 Å². The molecule has 8 heteroatoms. The van der Waals surface area contributed by atoms with Crippen molar-refractivity contribution in [3.63, 3.8) is 0 Å². The van der Waals surface area contributed by atoms with Gasteiger partial charge >= 0.3 is 0 Å². The highest BCUT2D eigenvalue weighted by Crippen LogP contribution is 2.35. The molecule has 0 N–H and O–H groups in total. The van der Waals surface area contributed by atoms with Crippen LogP contribution in [0.3, 0.4) is 0 Å². The number of fused-ring (bicyclic) bond motifs is 2. The van der Waals surface area contributed by atoms with Crippen molar-refractivity contribution in [3.8, 4) is 5.75 Å². The van der Waals surface area contributed by atoms with E-state index in [1.165, 1.54) is 4.40 Å². The van der Waals surface area contributed by atoms with E-state index in [4.69, 9.17) is 4.74 Å². The Kier molecular flexibility index (Phi) is 4.46. The van der Waals surface area contributed by atoms with Gasteiger partial charge in [-0.2, -0.15) is 0 Å². The number of nitrogens with zero attached hydrogens (tertiary/aromatic N) is 5. The number of allylic oxidation sites excluding steroid dienone is 1. The van der Waals surface area contributed by atoms with Crippen molar-refractivity contribution in [1.29, 1.82) is 0 Å². The lowest BCUT2D eigenvalue weighted by Crippen LogP contribution is -2.31. The Hall–Kier alpha value is -3.68. The Morgan fingerprint density at radius 3 is 2.90 bits per heavy atom. The summed E-state index contributed by atoms with van der Waals surface area (Å²) in [5.74, 6) is 1.14. The Labute approximate surface area is 173 Å². The van der Waals surface area contributed by atoms with E-state index in [9.17, 15) is 9.59 Å². The summed E-state index contributed by atoms with van der Waals surface area (Å²) in [6.07, 6.45) is 10.7. The number of aryl methyl sites for hydroxylation is 1. The Bertz CT molecular complexity index is 1230. The first-order valence-electron chi connectivity index (χ1n) is 9.98. The van der Waals surface area contributed by atoms with E-state index in [2.05, 4.69) is 9.97 Å². The van der Waals surface area contributed by atoms with Gasteiger partial charge in [-0.3, -0.25) is 14.0 Å². The van der Waals surface area contributed by atoms with Gasteiger partial charge in [0.05, 0.1) is 12.1 Å². The van der Waals surface area contributed by atoms with Crippen molar-refractivity contribution in [2.24, 2.45) is 0 Å². The number of pyridine rings is 2. The molecular formula is C22H21N5O3. The van der Waals surface area contributed by atoms with Crippen LogP contribution in [0.25, 0.3) is 5.65 Å². The first-order chi connectivity index (χ1) is 14.6. The first kappa shape index (κ1) is 18.4. The van der Waals surface area contributed by atoms with E-state index in [0.29, 0.717) is 48.0 Å². The summed E-state index contributed by atoms with van der Waals surface area (Å²) in [5.41, 5.74) is 2.45. The molecule has 0 radical (unpaired) electrons. The minimum Gasteiger partial charge on any atom is -0.488 e. The van der Waals surface area contributed by atoms with Gasteiger partial charge in [-0.05, 0) is 31.9 Å². The number of amides is 1. The maximum Gasteiger partial charge on any atom is 0.260 e. The quantitative estimate of drug-likeness (QED) is 0.655. The molecule has 0 fully saturated rings. The van der Waals surface area contributed by atoms with E-state index < -0.39 is 0 Å². The van der Waals surface area contributed by atoms with Gasteiger partial charge in [0.1, 0.15) is 12.3 Å². The highest BCUT2D eigenvalue weighted by molar-refractivity contribution is 5.95. The smallest absolute Gasteiger partial charge is 0.260 e. The lowest BCUT2D eigenvalue weighted by molar-refractivity contribution is 0.0814. The molecule has 5 rings (SSSR count). The highest BCUT2D eigenvalue weighted by atomic mass is 16.5. The zero-order valence-electron chi connectivity index (χ0n) is 16.6. The van der Waals surface area contributed by atoms with Gasteiger partial charge < -0.3 is 14.5 Å². The summed E-state index contributed by atoms with van der Waals surface area (Å²) in [5, 5.41) is 0. The fourth-order valence-corrected chi connectivity index (χ4v) is 3.78. The molecule has 0 saturated heterocycles. The van der Waals surface area contributed by atoms with Crippen molar-refractivity contribution in [3.05, 3.63) is 70.5 Å². The monoisotopic (exact) mass is 403 g/mol. The molecule has 1 amide bonds. The molecule has 2 aliphatic rings. The summed E-state index contributed by atoms with van der Waals surface area (Å²) in [6.45, 7) is 3.53. The molecule has 3 aromatic heterocycles. The lowest BCUT2D eigenvalue weighted by atomic mass is 10.1. The zero-order chi connectivity index (χ0) is 20.7. The largest absolute Gasteiger partial charge is 0.488 e. The lowest BCUT2D eigenvalue weighted by Gasteiger charge is -2.30. The molecule has 3 aromatic rings. The molecule has 0 atom stereocenters. The number of carbonyl (C=O) groups excluding carboxylic acids is 1. The van der Waals surface area contributed by atoms with Crippen LogP contribution in [-0.2, 0) is 0 Å². The molecular weight excluding hydrogens is 382 g/mol. The van der Waals surface area contributed by atoms with Crippen molar-refractivity contribution < 1.29 is 9.53 Å². The van der Waals surface area contributed by atoms with Crippen LogP contribution in [-0.4, -0.2) is 44.9 Å². The van der Waals surface area contributed by atoms with E-state index >= 15 is 0 Å². The number of hydrogen-bond donors (Lipinski definition) is 0. The number of rotatable bonds is 2. The van der Waals surface area contributed by atoms with Gasteiger partial charge in [-0.1, -0.05) is 6.08 Å². The Morgan fingerprint density at radius 2 is 2.07 bits per heavy atom. The second kappa shape index (κ2) is 7.29. The normalized spacial score (nSPS) is 15.8. The predicted octanol–water partition coefficient (Wildman–Crippen LogP) is 2.68. The molecule has 0 unspecified atom stereocenters. The first-order valence-corrected chi connectivity index (χ1v) is 9.98. The Morgan fingerprint density at radius 1 is 1.17 bits per heavy atom. The fourth-order valence-electron chi connectivity index (χ4n) is 3.78. The van der Waals surface area contributed by atoms with Gasteiger partial charge in [-0.15, -0.1) is 0 Å². The maximum absolute atomic E-state index is 12.8. The minimum absolute atomic E-state index is 0.0772. The van der Waals surface area contributed by atoms with Crippen LogP contribution in [0.5, 0.6) is 5.75 Å². The third-order valence-corrected chi connectivity index (χ3v) is 5.40. The van der Waals surface area contributed by atoms with E-state index in [0.717, 1.165) is 18.5 Å². The van der Waals surface area contributed by atoms with Gasteiger partial charge in [0.25, 0.3) is 11.5 Å². The predicted molar refractivity (Wildman–Crippen MR) is 112 cm³/mol. The summed E-state index contributed by atoms with van der Waals surface area (Å²) >= 11 is 0. The average molecular weight is 403 g/mol. The minimum atomic E-state index is -0.0815. The second-order valence-corrected chi connectivity index (χ2v) is 7.43. The van der Waals surface area contributed by atoms with Crippen molar-refractivity contribution in [1.82, 2.24) is 19.3 Å². The second-order valence-electron chi connectivity index (χ2n) is 7.43. The van der Waals surface area contributed by atoms with Crippen molar-refractivity contribution in [2.75, 3.05) is 24.6 Å². The molecule has 0 bridgehead atoms. The van der Waals surface area contributed by atoms with Crippen LogP contribution in [0, 0.1) is 6.92 Å². The maximum atomic E-state index is 12.8. The van der Waals surface area contributed by atoms with Gasteiger partial charge in [0.15, 0.2) is 11.6 Å². The number of carbonyl (C=O) groups is 1. The number of ether oxygens (including phenoxy) is 1. The van der Waals surface area contributed by atoms with E-state index in [-0.39, 0.29) is 11.5 Å². The van der Waals surface area contributed by atoms with Gasteiger partial charge in [0.2, 0.25) is 0 Å². The van der Waals surface area contributed by atoms with Gasteiger partial charge in [-0.25, -0.2) is 9.97 Å². The molecule has 0 saturated carbocycles. The van der Waals surface area contributed by atoms with Crippen LogP contribution in [0.4, 0.5) is 11.5 Å². The highest BCUT2D eigenvalue weighted by Gasteiger charge is 2.24. The zero-order valence-corrected chi connectivity index (χ0v) is 16.6. The summed E-state index contributed by atoms with van der Waals surface area (Å²) in [6, 6.07) is 5.48. The van der Waals surface area contributed by atoms with Crippen LogP contribution in [0.2, 0.25) is 0 Å². The molecule has 0 aliphatic carbocycles. The Balaban J connectivity index is 1.50. The van der Waals surface area contributed by atoms with E-state index in [1.54, 1.807) is 36.5 Å². The molecule has 30 heavy (non-hydrogen) atoms. The molecule has 8 nitrogen and oxygen atoms in total.